The Bertz CT molecular complexity index is 751. The van der Waals surface area contributed by atoms with Crippen molar-refractivity contribution < 1.29 is 4.79 Å². The summed E-state index contributed by atoms with van der Waals surface area (Å²) in [5, 5.41) is 3.58. The van der Waals surface area contributed by atoms with Crippen LogP contribution in [-0.4, -0.2) is 20.9 Å². The van der Waals surface area contributed by atoms with Gasteiger partial charge >= 0.3 is 0 Å². The Morgan fingerprint density at radius 2 is 2.20 bits per heavy atom. The predicted molar refractivity (Wildman–Crippen MR) is 75.9 cm³/mol. The summed E-state index contributed by atoms with van der Waals surface area (Å²) in [5.41, 5.74) is 6.96. The smallest absolute Gasteiger partial charge is 0.252 e. The first-order chi connectivity index (χ1) is 9.74. The fraction of sp³-hybridized carbons (Fsp3) is 0.0714. The van der Waals surface area contributed by atoms with Gasteiger partial charge in [0.1, 0.15) is 11.6 Å². The topological polar surface area (TPSA) is 96.7 Å². The Labute approximate surface area is 115 Å². The molecule has 1 aromatic carbocycles. The molecule has 1 amide bonds. The number of rotatable bonds is 3. The molecule has 20 heavy (non-hydrogen) atoms. The summed E-state index contributed by atoms with van der Waals surface area (Å²) in [5.74, 6) is 0.822. The normalized spacial score (nSPS) is 10.6. The van der Waals surface area contributed by atoms with Crippen molar-refractivity contribution in [2.24, 2.45) is 0 Å². The van der Waals surface area contributed by atoms with Crippen LogP contribution < -0.4 is 11.1 Å². The van der Waals surface area contributed by atoms with Crippen LogP contribution in [0.1, 0.15) is 16.2 Å². The van der Waals surface area contributed by atoms with E-state index in [2.05, 4.69) is 20.3 Å². The molecule has 0 atom stereocenters. The minimum Gasteiger partial charge on any atom is -0.384 e. The molecule has 0 aliphatic carbocycles. The number of hydrogen-bond acceptors (Lipinski definition) is 4. The Hall–Kier alpha value is -2.89. The third kappa shape index (κ3) is 2.31. The first kappa shape index (κ1) is 12.2. The van der Waals surface area contributed by atoms with Crippen molar-refractivity contribution in [3.63, 3.8) is 0 Å². The first-order valence-corrected chi connectivity index (χ1v) is 6.16. The van der Waals surface area contributed by atoms with Crippen LogP contribution in [0.15, 0.2) is 42.7 Å². The van der Waals surface area contributed by atoms with Gasteiger partial charge in [-0.05, 0) is 12.1 Å². The van der Waals surface area contributed by atoms with Gasteiger partial charge in [-0.2, -0.15) is 0 Å². The van der Waals surface area contributed by atoms with E-state index in [1.165, 1.54) is 0 Å². The van der Waals surface area contributed by atoms with Gasteiger partial charge in [0.2, 0.25) is 0 Å². The molecular formula is C14H13N5O. The number of para-hydroxylation sites is 1. The van der Waals surface area contributed by atoms with Gasteiger partial charge in [-0.15, -0.1) is 0 Å². The van der Waals surface area contributed by atoms with E-state index in [0.717, 1.165) is 5.39 Å². The number of carbonyl (C=O) groups is 1. The molecule has 6 nitrogen and oxygen atoms in total. The molecule has 3 rings (SSSR count). The Morgan fingerprint density at radius 1 is 1.35 bits per heavy atom. The second-order valence-corrected chi connectivity index (χ2v) is 4.33. The van der Waals surface area contributed by atoms with E-state index in [4.69, 9.17) is 5.73 Å². The number of pyridine rings is 1. The number of fused-ring (bicyclic) bond motifs is 1. The molecule has 0 radical (unpaired) electrons. The predicted octanol–water partition coefficient (Wildman–Crippen LogP) is 1.47. The van der Waals surface area contributed by atoms with Crippen molar-refractivity contribution in [3.8, 4) is 0 Å². The fourth-order valence-corrected chi connectivity index (χ4v) is 2.04. The highest BCUT2D eigenvalue weighted by Gasteiger charge is 2.12. The van der Waals surface area contributed by atoms with Crippen molar-refractivity contribution in [1.29, 1.82) is 0 Å². The molecule has 0 saturated heterocycles. The third-order valence-electron chi connectivity index (χ3n) is 2.95. The van der Waals surface area contributed by atoms with Crippen molar-refractivity contribution in [1.82, 2.24) is 20.3 Å². The lowest BCUT2D eigenvalue weighted by Gasteiger charge is -2.08. The number of H-pyrrole nitrogens is 1. The lowest BCUT2D eigenvalue weighted by Crippen LogP contribution is -2.24. The number of aromatic nitrogens is 3. The van der Waals surface area contributed by atoms with Gasteiger partial charge in [-0.25, -0.2) is 9.97 Å². The molecule has 0 aliphatic heterocycles. The number of nitrogens with two attached hydrogens (primary N) is 1. The van der Waals surface area contributed by atoms with E-state index in [9.17, 15) is 4.79 Å². The number of anilines is 1. The van der Waals surface area contributed by atoms with Gasteiger partial charge in [0.15, 0.2) is 0 Å². The Morgan fingerprint density at radius 3 is 3.00 bits per heavy atom. The van der Waals surface area contributed by atoms with Crippen LogP contribution in [0, 0.1) is 0 Å². The summed E-state index contributed by atoms with van der Waals surface area (Å²) in [6, 6.07) is 8.99. The zero-order chi connectivity index (χ0) is 13.9. The molecule has 0 fully saturated rings. The Kier molecular flexibility index (Phi) is 3.04. The third-order valence-corrected chi connectivity index (χ3v) is 2.95. The molecule has 0 spiro atoms. The molecule has 100 valence electrons. The van der Waals surface area contributed by atoms with Crippen LogP contribution in [0.5, 0.6) is 0 Å². The molecule has 0 saturated carbocycles. The number of carbonyl (C=O) groups excluding carboxylic acids is 1. The molecular weight excluding hydrogens is 254 g/mol. The van der Waals surface area contributed by atoms with E-state index in [-0.39, 0.29) is 5.91 Å². The summed E-state index contributed by atoms with van der Waals surface area (Å²) >= 11 is 0. The van der Waals surface area contributed by atoms with Gasteiger partial charge in [-0.3, -0.25) is 4.79 Å². The number of imidazole rings is 1. The maximum absolute atomic E-state index is 12.3. The van der Waals surface area contributed by atoms with Gasteiger partial charge < -0.3 is 16.0 Å². The summed E-state index contributed by atoms with van der Waals surface area (Å²) in [6.45, 7) is 0.336. The van der Waals surface area contributed by atoms with Crippen LogP contribution in [0.4, 0.5) is 5.82 Å². The number of nitrogen functional groups attached to an aromatic ring is 1. The van der Waals surface area contributed by atoms with E-state index in [0.29, 0.717) is 29.3 Å². The standard InChI is InChI=1S/C14H13N5O/c15-12-7-10(9-3-1-2-4-11(9)19-12)14(20)18-8-13-16-5-6-17-13/h1-7H,8H2,(H2,15,19)(H,16,17)(H,18,20). The van der Waals surface area contributed by atoms with Gasteiger partial charge in [0, 0.05) is 17.8 Å². The van der Waals surface area contributed by atoms with Crippen LogP contribution >= 0.6 is 0 Å². The number of nitrogens with zero attached hydrogens (tertiary/aromatic N) is 2. The average molecular weight is 267 g/mol. The van der Waals surface area contributed by atoms with Crippen LogP contribution in [0.25, 0.3) is 10.9 Å². The maximum atomic E-state index is 12.3. The molecule has 2 heterocycles. The average Bonchev–Trinajstić information content (AvgIpc) is 2.97. The molecule has 0 aliphatic rings. The summed E-state index contributed by atoms with van der Waals surface area (Å²) < 4.78 is 0. The number of nitrogens with one attached hydrogen (secondary N) is 2. The fourth-order valence-electron chi connectivity index (χ4n) is 2.04. The lowest BCUT2D eigenvalue weighted by molar-refractivity contribution is 0.0951. The number of benzene rings is 1. The molecule has 4 N–H and O–H groups in total. The summed E-state index contributed by atoms with van der Waals surface area (Å²) in [4.78, 5) is 23.5. The van der Waals surface area contributed by atoms with Gasteiger partial charge in [0.25, 0.3) is 5.91 Å². The lowest BCUT2D eigenvalue weighted by atomic mass is 10.1. The van der Waals surface area contributed by atoms with E-state index < -0.39 is 0 Å². The highest BCUT2D eigenvalue weighted by atomic mass is 16.1. The highest BCUT2D eigenvalue weighted by molar-refractivity contribution is 6.06. The Balaban J connectivity index is 1.90. The van der Waals surface area contributed by atoms with E-state index in [1.807, 2.05) is 24.3 Å². The zero-order valence-electron chi connectivity index (χ0n) is 10.6. The first-order valence-electron chi connectivity index (χ1n) is 6.16. The summed E-state index contributed by atoms with van der Waals surface area (Å²) in [6.07, 6.45) is 3.35. The van der Waals surface area contributed by atoms with Gasteiger partial charge in [0.05, 0.1) is 17.6 Å². The molecule has 0 bridgehead atoms. The largest absolute Gasteiger partial charge is 0.384 e. The monoisotopic (exact) mass is 267 g/mol. The van der Waals surface area contributed by atoms with Crippen molar-refractivity contribution in [2.45, 2.75) is 6.54 Å². The molecule has 3 aromatic rings. The van der Waals surface area contributed by atoms with E-state index in [1.54, 1.807) is 18.5 Å². The SMILES string of the molecule is Nc1cc(C(=O)NCc2ncc[nH]2)c2ccccc2n1. The van der Waals surface area contributed by atoms with Crippen LogP contribution in [0.2, 0.25) is 0 Å². The van der Waals surface area contributed by atoms with Crippen molar-refractivity contribution in [3.05, 3.63) is 54.1 Å². The minimum atomic E-state index is -0.202. The molecule has 2 aromatic heterocycles. The second kappa shape index (κ2) is 5.00. The van der Waals surface area contributed by atoms with Crippen molar-refractivity contribution in [2.75, 3.05) is 5.73 Å². The quantitative estimate of drug-likeness (QED) is 0.669. The molecule has 0 unspecified atom stereocenters. The summed E-state index contributed by atoms with van der Waals surface area (Å²) in [7, 11) is 0. The van der Waals surface area contributed by atoms with Crippen LogP contribution in [0.3, 0.4) is 0 Å². The minimum absolute atomic E-state index is 0.202. The molecule has 6 heteroatoms. The number of amides is 1. The second-order valence-electron chi connectivity index (χ2n) is 4.33. The van der Waals surface area contributed by atoms with Gasteiger partial charge in [-0.1, -0.05) is 18.2 Å². The van der Waals surface area contributed by atoms with Crippen molar-refractivity contribution >= 4 is 22.6 Å². The van der Waals surface area contributed by atoms with E-state index >= 15 is 0 Å². The highest BCUT2D eigenvalue weighted by Crippen LogP contribution is 2.19. The van der Waals surface area contributed by atoms with Crippen LogP contribution in [-0.2, 0) is 6.54 Å². The zero-order valence-corrected chi connectivity index (χ0v) is 10.6. The maximum Gasteiger partial charge on any atom is 0.252 e. The number of hydrogen-bond donors (Lipinski definition) is 3. The number of aromatic amines is 1.